The van der Waals surface area contributed by atoms with Crippen molar-refractivity contribution in [1.29, 1.82) is 0 Å². The van der Waals surface area contributed by atoms with E-state index in [1.807, 2.05) is 31.3 Å². The summed E-state index contributed by atoms with van der Waals surface area (Å²) in [5.41, 5.74) is 2.19. The molecule has 1 aromatic carbocycles. The second-order valence-electron chi connectivity index (χ2n) is 5.61. The monoisotopic (exact) mass is 271 g/mol. The number of aliphatic hydroxyl groups excluding tert-OH is 1. The Morgan fingerprint density at radius 3 is 2.65 bits per heavy atom. The fourth-order valence-corrected chi connectivity index (χ4v) is 2.82. The molecule has 4 heteroatoms. The predicted molar refractivity (Wildman–Crippen MR) is 78.8 cm³/mol. The first-order valence-corrected chi connectivity index (χ1v) is 7.19. The zero-order chi connectivity index (χ0) is 14.0. The minimum atomic E-state index is -0.0697. The minimum absolute atomic E-state index is 0.0697. The molecule has 1 aromatic heterocycles. The molecular weight excluding hydrogens is 250 g/mol. The molecule has 0 radical (unpaired) electrons. The number of para-hydroxylation sites is 1. The molecule has 1 aliphatic rings. The lowest BCUT2D eigenvalue weighted by Gasteiger charge is -2.41. The van der Waals surface area contributed by atoms with E-state index >= 15 is 0 Å². The molecular formula is C16H21N3O. The highest BCUT2D eigenvalue weighted by atomic mass is 16.3. The summed E-state index contributed by atoms with van der Waals surface area (Å²) in [6, 6.07) is 10.3. The molecule has 0 atom stereocenters. The van der Waals surface area contributed by atoms with Crippen LogP contribution in [0.5, 0.6) is 0 Å². The minimum Gasteiger partial charge on any atom is -0.394 e. The highest BCUT2D eigenvalue weighted by molar-refractivity contribution is 5.35. The number of hydrogen-bond donors (Lipinski definition) is 2. The first-order chi connectivity index (χ1) is 9.74. The Hall–Kier alpha value is -1.65. The number of aliphatic hydroxyl groups is 1. The summed E-state index contributed by atoms with van der Waals surface area (Å²) in [5.74, 6) is 0.986. The molecule has 106 valence electrons. The van der Waals surface area contributed by atoms with Gasteiger partial charge in [0.1, 0.15) is 5.82 Å². The Bertz CT molecular complexity index is 567. The zero-order valence-electron chi connectivity index (χ0n) is 11.8. The fourth-order valence-electron chi connectivity index (χ4n) is 2.82. The standard InChI is InChI=1S/C16H21N3O/c1-13-17-10-15(11-18-16(12-20)8-5-9-16)19(13)14-6-3-2-4-7-14/h2-4,6-7,10,18,20H,5,8-9,11-12H2,1H3. The largest absolute Gasteiger partial charge is 0.394 e. The van der Waals surface area contributed by atoms with Crippen LogP contribution in [0.3, 0.4) is 0 Å². The molecule has 0 amide bonds. The van der Waals surface area contributed by atoms with Gasteiger partial charge in [-0.1, -0.05) is 18.2 Å². The van der Waals surface area contributed by atoms with Gasteiger partial charge in [0.2, 0.25) is 0 Å². The molecule has 0 spiro atoms. The van der Waals surface area contributed by atoms with E-state index < -0.39 is 0 Å². The molecule has 1 aliphatic carbocycles. The normalized spacial score (nSPS) is 16.9. The molecule has 0 aliphatic heterocycles. The molecule has 0 unspecified atom stereocenters. The van der Waals surface area contributed by atoms with E-state index in [0.717, 1.165) is 36.6 Å². The van der Waals surface area contributed by atoms with Crippen molar-refractivity contribution in [2.24, 2.45) is 0 Å². The lowest BCUT2D eigenvalue weighted by molar-refractivity contribution is 0.0867. The van der Waals surface area contributed by atoms with Crippen LogP contribution in [0.1, 0.15) is 30.8 Å². The number of hydrogen-bond acceptors (Lipinski definition) is 3. The number of rotatable bonds is 5. The van der Waals surface area contributed by atoms with Gasteiger partial charge < -0.3 is 10.4 Å². The van der Waals surface area contributed by atoms with Crippen molar-refractivity contribution in [3.8, 4) is 5.69 Å². The molecule has 3 rings (SSSR count). The van der Waals surface area contributed by atoms with Gasteiger partial charge in [-0.3, -0.25) is 4.57 Å². The smallest absolute Gasteiger partial charge is 0.110 e. The third kappa shape index (κ3) is 2.37. The van der Waals surface area contributed by atoms with Gasteiger partial charge in [0, 0.05) is 17.8 Å². The van der Waals surface area contributed by atoms with Gasteiger partial charge >= 0.3 is 0 Å². The van der Waals surface area contributed by atoms with Gasteiger partial charge in [-0.2, -0.15) is 0 Å². The van der Waals surface area contributed by atoms with Crippen molar-refractivity contribution >= 4 is 0 Å². The van der Waals surface area contributed by atoms with Crippen LogP contribution in [-0.2, 0) is 6.54 Å². The molecule has 1 fully saturated rings. The Morgan fingerprint density at radius 2 is 2.05 bits per heavy atom. The highest BCUT2D eigenvalue weighted by Gasteiger charge is 2.35. The third-order valence-electron chi connectivity index (χ3n) is 4.28. The third-order valence-corrected chi connectivity index (χ3v) is 4.28. The van der Waals surface area contributed by atoms with Crippen LogP contribution >= 0.6 is 0 Å². The van der Waals surface area contributed by atoms with Crippen LogP contribution < -0.4 is 5.32 Å². The van der Waals surface area contributed by atoms with Crippen molar-refractivity contribution in [3.63, 3.8) is 0 Å². The van der Waals surface area contributed by atoms with Crippen molar-refractivity contribution in [3.05, 3.63) is 48.0 Å². The summed E-state index contributed by atoms with van der Waals surface area (Å²) >= 11 is 0. The second-order valence-corrected chi connectivity index (χ2v) is 5.61. The first kappa shape index (κ1) is 13.3. The quantitative estimate of drug-likeness (QED) is 0.876. The predicted octanol–water partition coefficient (Wildman–Crippen LogP) is 2.19. The van der Waals surface area contributed by atoms with E-state index in [0.29, 0.717) is 0 Å². The number of aromatic nitrogens is 2. The Morgan fingerprint density at radius 1 is 1.30 bits per heavy atom. The van der Waals surface area contributed by atoms with Crippen molar-refractivity contribution in [1.82, 2.24) is 14.9 Å². The summed E-state index contributed by atoms with van der Waals surface area (Å²) in [6.07, 6.45) is 5.23. The van der Waals surface area contributed by atoms with Gasteiger partial charge in [-0.15, -0.1) is 0 Å². The summed E-state index contributed by atoms with van der Waals surface area (Å²) < 4.78 is 2.16. The van der Waals surface area contributed by atoms with Crippen molar-refractivity contribution < 1.29 is 5.11 Å². The van der Waals surface area contributed by atoms with Crippen molar-refractivity contribution in [2.45, 2.75) is 38.3 Å². The number of nitrogens with zero attached hydrogens (tertiary/aromatic N) is 2. The summed E-state index contributed by atoms with van der Waals surface area (Å²) in [7, 11) is 0. The van der Waals surface area contributed by atoms with Gasteiger partial charge in [0.25, 0.3) is 0 Å². The number of benzene rings is 1. The molecule has 0 saturated heterocycles. The van der Waals surface area contributed by atoms with E-state index in [9.17, 15) is 5.11 Å². The summed E-state index contributed by atoms with van der Waals surface area (Å²) in [5, 5.41) is 13.0. The summed E-state index contributed by atoms with van der Waals surface area (Å²) in [6.45, 7) is 2.96. The molecule has 1 heterocycles. The fraction of sp³-hybridized carbons (Fsp3) is 0.438. The molecule has 0 bridgehead atoms. The van der Waals surface area contributed by atoms with E-state index in [-0.39, 0.29) is 12.1 Å². The maximum Gasteiger partial charge on any atom is 0.110 e. The lowest BCUT2D eigenvalue weighted by atomic mass is 9.77. The Labute approximate surface area is 119 Å². The maximum atomic E-state index is 9.52. The van der Waals surface area contributed by atoms with Crippen molar-refractivity contribution in [2.75, 3.05) is 6.61 Å². The number of imidazole rings is 1. The van der Waals surface area contributed by atoms with Gasteiger partial charge in [0.15, 0.2) is 0 Å². The maximum absolute atomic E-state index is 9.52. The molecule has 2 N–H and O–H groups in total. The van der Waals surface area contributed by atoms with Crippen LogP contribution in [-0.4, -0.2) is 26.8 Å². The van der Waals surface area contributed by atoms with Gasteiger partial charge in [-0.05, 0) is 38.3 Å². The average molecular weight is 271 g/mol. The molecule has 4 nitrogen and oxygen atoms in total. The van der Waals surface area contributed by atoms with E-state index in [2.05, 4.69) is 27.0 Å². The molecule has 20 heavy (non-hydrogen) atoms. The van der Waals surface area contributed by atoms with E-state index in [1.54, 1.807) is 0 Å². The topological polar surface area (TPSA) is 50.1 Å². The van der Waals surface area contributed by atoms with E-state index in [1.165, 1.54) is 6.42 Å². The SMILES string of the molecule is Cc1ncc(CNC2(CO)CCC2)n1-c1ccccc1. The molecule has 1 saturated carbocycles. The lowest BCUT2D eigenvalue weighted by Crippen LogP contribution is -2.53. The molecule has 2 aromatic rings. The first-order valence-electron chi connectivity index (χ1n) is 7.19. The Kier molecular flexibility index (Phi) is 3.59. The van der Waals surface area contributed by atoms with Crippen LogP contribution in [0.4, 0.5) is 0 Å². The average Bonchev–Trinajstić information content (AvgIpc) is 2.80. The summed E-state index contributed by atoms with van der Waals surface area (Å²) in [4.78, 5) is 4.42. The van der Waals surface area contributed by atoms with Gasteiger partial charge in [0.05, 0.1) is 18.5 Å². The highest BCUT2D eigenvalue weighted by Crippen LogP contribution is 2.31. The number of aryl methyl sites for hydroxylation is 1. The van der Waals surface area contributed by atoms with Crippen LogP contribution in [0, 0.1) is 6.92 Å². The van der Waals surface area contributed by atoms with E-state index in [4.69, 9.17) is 0 Å². The zero-order valence-corrected chi connectivity index (χ0v) is 11.8. The Balaban J connectivity index is 1.81. The van der Waals surface area contributed by atoms with Crippen LogP contribution in [0.25, 0.3) is 5.69 Å². The van der Waals surface area contributed by atoms with Crippen LogP contribution in [0.2, 0.25) is 0 Å². The second kappa shape index (κ2) is 5.38. The van der Waals surface area contributed by atoms with Gasteiger partial charge in [-0.25, -0.2) is 4.98 Å². The van der Waals surface area contributed by atoms with Crippen LogP contribution in [0.15, 0.2) is 36.5 Å². The number of nitrogens with one attached hydrogen (secondary N) is 1.